The molecule has 0 spiro atoms. The number of nitrogens with one attached hydrogen (secondary N) is 1. The van der Waals surface area contributed by atoms with E-state index in [2.05, 4.69) is 12.2 Å². The van der Waals surface area contributed by atoms with Gasteiger partial charge in [0.2, 0.25) is 5.91 Å². The summed E-state index contributed by atoms with van der Waals surface area (Å²) < 4.78 is 13.8. The second-order valence-electron chi connectivity index (χ2n) is 6.27. The minimum atomic E-state index is -0.513. The molecule has 126 valence electrons. The molecule has 0 radical (unpaired) electrons. The quantitative estimate of drug-likeness (QED) is 0.907. The number of carbonyl (C=O) groups is 2. The lowest BCUT2D eigenvalue weighted by molar-refractivity contribution is -0.127. The molecular formula is C18H25FN2O2. The largest absolute Gasteiger partial charge is 0.353 e. The fraction of sp³-hybridized carbons (Fsp3) is 0.556. The molecule has 1 aromatic carbocycles. The number of halogens is 1. The van der Waals surface area contributed by atoms with Gasteiger partial charge < -0.3 is 10.2 Å². The number of hydrogen-bond donors (Lipinski definition) is 1. The third kappa shape index (κ3) is 4.53. The van der Waals surface area contributed by atoms with Crippen molar-refractivity contribution < 1.29 is 14.0 Å². The molecule has 4 nitrogen and oxygen atoms in total. The van der Waals surface area contributed by atoms with Crippen molar-refractivity contribution in [1.29, 1.82) is 0 Å². The van der Waals surface area contributed by atoms with E-state index in [0.717, 1.165) is 25.7 Å². The normalized spacial score (nSPS) is 19.3. The van der Waals surface area contributed by atoms with Gasteiger partial charge in [-0.25, -0.2) is 4.39 Å². The Bertz CT molecular complexity index is 562. The fourth-order valence-electron chi connectivity index (χ4n) is 3.05. The smallest absolute Gasteiger partial charge is 0.256 e. The molecule has 1 aliphatic heterocycles. The summed E-state index contributed by atoms with van der Waals surface area (Å²) in [7, 11) is 0. The third-order valence-electron chi connectivity index (χ3n) is 4.29. The molecule has 1 heterocycles. The first-order chi connectivity index (χ1) is 11.0. The minimum absolute atomic E-state index is 0.00279. The van der Waals surface area contributed by atoms with Crippen LogP contribution in [0.1, 0.15) is 49.9 Å². The molecule has 0 aromatic heterocycles. The van der Waals surface area contributed by atoms with Crippen LogP contribution in [0.3, 0.4) is 0 Å². The topological polar surface area (TPSA) is 49.4 Å². The van der Waals surface area contributed by atoms with Crippen LogP contribution in [0.5, 0.6) is 0 Å². The van der Waals surface area contributed by atoms with Crippen molar-refractivity contribution in [3.8, 4) is 0 Å². The Hall–Kier alpha value is -1.91. The highest BCUT2D eigenvalue weighted by Crippen LogP contribution is 2.20. The van der Waals surface area contributed by atoms with Crippen molar-refractivity contribution in [2.45, 2.75) is 45.6 Å². The first-order valence-electron chi connectivity index (χ1n) is 8.37. The maximum atomic E-state index is 13.8. The van der Waals surface area contributed by atoms with Crippen LogP contribution < -0.4 is 5.32 Å². The predicted octanol–water partition coefficient (Wildman–Crippen LogP) is 2.98. The van der Waals surface area contributed by atoms with Crippen molar-refractivity contribution in [2.24, 2.45) is 5.92 Å². The number of nitrogens with zero attached hydrogens (tertiary/aromatic N) is 1. The Morgan fingerprint density at radius 1 is 1.39 bits per heavy atom. The Kier molecular flexibility index (Phi) is 6.13. The van der Waals surface area contributed by atoms with Gasteiger partial charge in [-0.15, -0.1) is 0 Å². The van der Waals surface area contributed by atoms with E-state index in [1.165, 1.54) is 12.1 Å². The fourth-order valence-corrected chi connectivity index (χ4v) is 3.05. The van der Waals surface area contributed by atoms with Crippen LogP contribution in [-0.2, 0) is 4.79 Å². The van der Waals surface area contributed by atoms with E-state index in [0.29, 0.717) is 13.1 Å². The lowest BCUT2D eigenvalue weighted by atomic mass is 9.96. The van der Waals surface area contributed by atoms with E-state index < -0.39 is 5.82 Å². The zero-order chi connectivity index (χ0) is 16.8. The molecule has 1 aliphatic rings. The number of carbonyl (C=O) groups excluding carboxylic acids is 2. The Labute approximate surface area is 137 Å². The first-order valence-corrected chi connectivity index (χ1v) is 8.37. The summed E-state index contributed by atoms with van der Waals surface area (Å²) in [5.41, 5.74) is 0.0768. The molecule has 23 heavy (non-hydrogen) atoms. The number of benzene rings is 1. The maximum Gasteiger partial charge on any atom is 0.256 e. The molecule has 0 aliphatic carbocycles. The highest BCUT2D eigenvalue weighted by molar-refractivity contribution is 5.95. The number of amides is 2. The zero-order valence-electron chi connectivity index (χ0n) is 13.8. The summed E-state index contributed by atoms with van der Waals surface area (Å²) in [6, 6.07) is 6.13. The number of piperidine rings is 1. The van der Waals surface area contributed by atoms with Gasteiger partial charge in [-0.3, -0.25) is 9.59 Å². The maximum absolute atomic E-state index is 13.8. The summed E-state index contributed by atoms with van der Waals surface area (Å²) in [5, 5.41) is 3.01. The second-order valence-corrected chi connectivity index (χ2v) is 6.27. The lowest BCUT2D eigenvalue weighted by Crippen LogP contribution is -2.47. The van der Waals surface area contributed by atoms with E-state index >= 15 is 0 Å². The van der Waals surface area contributed by atoms with Gasteiger partial charge in [-0.1, -0.05) is 25.5 Å². The second kappa shape index (κ2) is 8.09. The molecule has 2 rings (SSSR count). The van der Waals surface area contributed by atoms with Gasteiger partial charge in [0.15, 0.2) is 0 Å². The van der Waals surface area contributed by atoms with E-state index in [-0.39, 0.29) is 29.3 Å². The molecule has 1 fully saturated rings. The summed E-state index contributed by atoms with van der Waals surface area (Å²) in [4.78, 5) is 26.4. The first kappa shape index (κ1) is 17.4. The molecule has 2 atom stereocenters. The monoisotopic (exact) mass is 320 g/mol. The molecule has 0 saturated carbocycles. The molecule has 2 amide bonds. The Morgan fingerprint density at radius 2 is 2.13 bits per heavy atom. The SMILES string of the molecule is CCC[C@H](C)NC(=O)[C@@H]1CCCN(C(=O)c2ccccc2F)C1. The van der Waals surface area contributed by atoms with Crippen LogP contribution in [0, 0.1) is 11.7 Å². The van der Waals surface area contributed by atoms with Gasteiger partial charge in [-0.2, -0.15) is 0 Å². The van der Waals surface area contributed by atoms with E-state index in [1.54, 1.807) is 17.0 Å². The number of likely N-dealkylation sites (tertiary alicyclic amines) is 1. The van der Waals surface area contributed by atoms with Crippen molar-refractivity contribution in [1.82, 2.24) is 10.2 Å². The molecule has 1 aromatic rings. The van der Waals surface area contributed by atoms with Crippen molar-refractivity contribution in [3.05, 3.63) is 35.6 Å². The summed E-state index contributed by atoms with van der Waals surface area (Å²) >= 11 is 0. The highest BCUT2D eigenvalue weighted by Gasteiger charge is 2.30. The van der Waals surface area contributed by atoms with E-state index in [9.17, 15) is 14.0 Å². The average molecular weight is 320 g/mol. The van der Waals surface area contributed by atoms with Crippen LogP contribution in [0.2, 0.25) is 0 Å². The van der Waals surface area contributed by atoms with E-state index in [4.69, 9.17) is 0 Å². The number of rotatable bonds is 5. The summed E-state index contributed by atoms with van der Waals surface area (Å²) in [6.45, 7) is 5.00. The van der Waals surface area contributed by atoms with Crippen LogP contribution in [0.25, 0.3) is 0 Å². The predicted molar refractivity (Wildman–Crippen MR) is 87.5 cm³/mol. The third-order valence-corrected chi connectivity index (χ3v) is 4.29. The van der Waals surface area contributed by atoms with Crippen LogP contribution >= 0.6 is 0 Å². The average Bonchev–Trinajstić information content (AvgIpc) is 2.55. The van der Waals surface area contributed by atoms with Crippen LogP contribution in [0.15, 0.2) is 24.3 Å². The Balaban J connectivity index is 1.99. The van der Waals surface area contributed by atoms with Crippen molar-refractivity contribution in [3.63, 3.8) is 0 Å². The molecule has 1 N–H and O–H groups in total. The molecule has 0 bridgehead atoms. The van der Waals surface area contributed by atoms with Crippen LogP contribution in [-0.4, -0.2) is 35.8 Å². The van der Waals surface area contributed by atoms with Gasteiger partial charge in [-0.05, 0) is 38.3 Å². The lowest BCUT2D eigenvalue weighted by Gasteiger charge is -2.32. The molecular weight excluding hydrogens is 295 g/mol. The van der Waals surface area contributed by atoms with Gasteiger partial charge in [0, 0.05) is 19.1 Å². The van der Waals surface area contributed by atoms with Gasteiger partial charge >= 0.3 is 0 Å². The molecule has 1 saturated heterocycles. The van der Waals surface area contributed by atoms with Gasteiger partial charge in [0.25, 0.3) is 5.91 Å². The number of hydrogen-bond acceptors (Lipinski definition) is 2. The summed E-state index contributed by atoms with van der Waals surface area (Å²) in [6.07, 6.45) is 3.49. The van der Waals surface area contributed by atoms with Gasteiger partial charge in [0.1, 0.15) is 5.82 Å². The molecule has 5 heteroatoms. The standard InChI is InChI=1S/C18H25FN2O2/c1-3-7-13(2)20-17(22)14-8-6-11-21(12-14)18(23)15-9-4-5-10-16(15)19/h4-5,9-10,13-14H,3,6-8,11-12H2,1-2H3,(H,20,22)/t13-,14+/m0/s1. The molecule has 0 unspecified atom stereocenters. The van der Waals surface area contributed by atoms with Crippen molar-refractivity contribution in [2.75, 3.05) is 13.1 Å². The van der Waals surface area contributed by atoms with Crippen LogP contribution in [0.4, 0.5) is 4.39 Å². The zero-order valence-corrected chi connectivity index (χ0v) is 13.8. The highest BCUT2D eigenvalue weighted by atomic mass is 19.1. The minimum Gasteiger partial charge on any atom is -0.353 e. The van der Waals surface area contributed by atoms with Crippen molar-refractivity contribution >= 4 is 11.8 Å². The van der Waals surface area contributed by atoms with Gasteiger partial charge in [0.05, 0.1) is 11.5 Å². The Morgan fingerprint density at radius 3 is 2.83 bits per heavy atom. The van der Waals surface area contributed by atoms with E-state index in [1.807, 2.05) is 6.92 Å². The summed E-state index contributed by atoms with van der Waals surface area (Å²) in [5.74, 6) is -1.06.